The number of hydrogen-bond acceptors (Lipinski definition) is 11. The van der Waals surface area contributed by atoms with Crippen LogP contribution in [0.5, 0.6) is 5.75 Å². The molecule has 1 N–H and O–H groups in total. The number of ether oxygens (including phenoxy) is 7. The smallest absolute Gasteiger partial charge is 0.331 e. The highest BCUT2D eigenvalue weighted by molar-refractivity contribution is 5.74. The SMILES string of the molecule is COC(=O)[C@H](Cc1ccc(O)cc1)n1cc(COC[C@H]2O[C@H](OC)[C@H](OCc3ccccc3)[C@@H](OCc3ccccc3)[C@@H]2OCc2ccccc2)nn1. The summed E-state index contributed by atoms with van der Waals surface area (Å²) in [7, 11) is 2.91. The minimum absolute atomic E-state index is 0.0828. The van der Waals surface area contributed by atoms with Crippen molar-refractivity contribution in [2.75, 3.05) is 20.8 Å². The number of hydrogen-bond donors (Lipinski definition) is 1. The molecule has 6 rings (SSSR count). The van der Waals surface area contributed by atoms with Crippen LogP contribution in [0.2, 0.25) is 0 Å². The van der Waals surface area contributed by atoms with E-state index < -0.39 is 42.7 Å². The molecule has 5 aromatic rings. The molecule has 0 unspecified atom stereocenters. The van der Waals surface area contributed by atoms with Crippen molar-refractivity contribution in [3.63, 3.8) is 0 Å². The quantitative estimate of drug-likeness (QED) is 0.114. The van der Waals surface area contributed by atoms with Gasteiger partial charge < -0.3 is 38.3 Å². The van der Waals surface area contributed by atoms with Gasteiger partial charge in [-0.15, -0.1) is 5.10 Å². The molecular formula is C41H45N3O9. The Morgan fingerprint density at radius 1 is 0.717 bits per heavy atom. The van der Waals surface area contributed by atoms with Crippen molar-refractivity contribution < 1.29 is 43.1 Å². The zero-order valence-electron chi connectivity index (χ0n) is 29.8. The Balaban J connectivity index is 1.19. The lowest BCUT2D eigenvalue weighted by Gasteiger charge is -2.45. The number of methoxy groups -OCH3 is 2. The molecule has 12 heteroatoms. The summed E-state index contributed by atoms with van der Waals surface area (Å²) in [4.78, 5) is 12.7. The van der Waals surface area contributed by atoms with Crippen LogP contribution in [0, 0.1) is 0 Å². The lowest BCUT2D eigenvalue weighted by Crippen LogP contribution is -2.61. The van der Waals surface area contributed by atoms with Gasteiger partial charge in [0.15, 0.2) is 12.3 Å². The molecule has 1 fully saturated rings. The van der Waals surface area contributed by atoms with Crippen LogP contribution in [0.4, 0.5) is 0 Å². The second kappa shape index (κ2) is 19.2. The van der Waals surface area contributed by atoms with Crippen LogP contribution in [0.15, 0.2) is 121 Å². The zero-order valence-corrected chi connectivity index (χ0v) is 29.8. The largest absolute Gasteiger partial charge is 0.508 e. The average Bonchev–Trinajstić information content (AvgIpc) is 3.67. The number of carbonyl (C=O) groups is 1. The van der Waals surface area contributed by atoms with Gasteiger partial charge in [-0.3, -0.25) is 0 Å². The lowest BCUT2D eigenvalue weighted by molar-refractivity contribution is -0.323. The van der Waals surface area contributed by atoms with E-state index >= 15 is 0 Å². The summed E-state index contributed by atoms with van der Waals surface area (Å²) >= 11 is 0. The number of benzene rings is 4. The van der Waals surface area contributed by atoms with Gasteiger partial charge in [0, 0.05) is 13.5 Å². The second-order valence-corrected chi connectivity index (χ2v) is 12.7. The van der Waals surface area contributed by atoms with E-state index in [1.807, 2.05) is 91.0 Å². The molecule has 278 valence electrons. The first kappa shape index (κ1) is 37.8. The fourth-order valence-corrected chi connectivity index (χ4v) is 6.16. The summed E-state index contributed by atoms with van der Waals surface area (Å²) in [6.07, 6.45) is -1.30. The van der Waals surface area contributed by atoms with E-state index in [9.17, 15) is 9.90 Å². The monoisotopic (exact) mass is 723 g/mol. The van der Waals surface area contributed by atoms with Crippen LogP contribution >= 0.6 is 0 Å². The summed E-state index contributed by atoms with van der Waals surface area (Å²) in [5.74, 6) is -0.333. The van der Waals surface area contributed by atoms with Crippen LogP contribution in [0.3, 0.4) is 0 Å². The van der Waals surface area contributed by atoms with Crippen molar-refractivity contribution in [2.24, 2.45) is 0 Å². The predicted octanol–water partition coefficient (Wildman–Crippen LogP) is 5.58. The van der Waals surface area contributed by atoms with Gasteiger partial charge in [-0.1, -0.05) is 108 Å². The molecule has 0 amide bonds. The Bertz CT molecular complexity index is 1810. The molecule has 4 aromatic carbocycles. The fourth-order valence-electron chi connectivity index (χ4n) is 6.16. The Labute approximate surface area is 309 Å². The number of esters is 1. The van der Waals surface area contributed by atoms with Crippen molar-refractivity contribution >= 4 is 5.97 Å². The van der Waals surface area contributed by atoms with Gasteiger partial charge >= 0.3 is 5.97 Å². The number of carbonyl (C=O) groups excluding carboxylic acids is 1. The van der Waals surface area contributed by atoms with Crippen molar-refractivity contribution in [3.05, 3.63) is 149 Å². The Hall–Kier alpha value is -4.95. The minimum atomic E-state index is -0.786. The van der Waals surface area contributed by atoms with Crippen LogP contribution in [-0.4, -0.2) is 77.6 Å². The molecule has 0 bridgehead atoms. The fraction of sp³-hybridized carbons (Fsp3) is 0.341. The van der Waals surface area contributed by atoms with E-state index in [1.165, 1.54) is 11.8 Å². The molecule has 6 atom stereocenters. The second-order valence-electron chi connectivity index (χ2n) is 12.7. The Morgan fingerprint density at radius 2 is 1.26 bits per heavy atom. The molecule has 1 saturated heterocycles. The first-order valence-electron chi connectivity index (χ1n) is 17.5. The van der Waals surface area contributed by atoms with Gasteiger partial charge in [-0.2, -0.15) is 0 Å². The Morgan fingerprint density at radius 3 is 1.81 bits per heavy atom. The maximum absolute atomic E-state index is 12.7. The highest BCUT2D eigenvalue weighted by Gasteiger charge is 2.48. The van der Waals surface area contributed by atoms with Crippen LogP contribution in [0.25, 0.3) is 0 Å². The summed E-state index contributed by atoms with van der Waals surface area (Å²) in [5.41, 5.74) is 4.33. The van der Waals surface area contributed by atoms with Gasteiger partial charge in [0.2, 0.25) is 0 Å². The van der Waals surface area contributed by atoms with Crippen LogP contribution in [0.1, 0.15) is 34.0 Å². The molecular weight excluding hydrogens is 678 g/mol. The standard InChI is InChI=1S/C41H45N3O9/c1-47-40(46)35(22-29-18-20-34(45)21-19-29)44-23-33(42-43-44)27-49-28-36-37(50-24-30-12-6-3-7-13-30)38(51-25-31-14-8-4-9-15-31)39(41(48-2)53-36)52-26-32-16-10-5-11-17-32/h3-21,23,35-39,41,45H,22,24-28H2,1-2H3/t35-,36+,37+,38-,39+,41-/m0/s1. The summed E-state index contributed by atoms with van der Waals surface area (Å²) in [6.45, 7) is 1.14. The molecule has 0 spiro atoms. The molecule has 0 aliphatic carbocycles. The van der Waals surface area contributed by atoms with Crippen molar-refractivity contribution in [3.8, 4) is 5.75 Å². The van der Waals surface area contributed by atoms with E-state index in [0.717, 1.165) is 22.3 Å². The summed E-state index contributed by atoms with van der Waals surface area (Å²) in [5, 5.41) is 18.1. The van der Waals surface area contributed by atoms with Crippen molar-refractivity contribution in [1.82, 2.24) is 15.0 Å². The maximum atomic E-state index is 12.7. The number of nitrogens with zero attached hydrogens (tertiary/aromatic N) is 3. The first-order chi connectivity index (χ1) is 26.0. The highest BCUT2D eigenvalue weighted by Crippen LogP contribution is 2.31. The van der Waals surface area contributed by atoms with E-state index in [0.29, 0.717) is 31.9 Å². The summed E-state index contributed by atoms with van der Waals surface area (Å²) < 4.78 is 44.9. The van der Waals surface area contributed by atoms with Crippen molar-refractivity contribution in [2.45, 2.75) is 69.6 Å². The number of phenolic OH excluding ortho intramolecular Hbond substituents is 1. The van der Waals surface area contributed by atoms with E-state index in [-0.39, 0.29) is 19.0 Å². The normalized spacial score (nSPS) is 20.5. The first-order valence-corrected chi connectivity index (χ1v) is 17.5. The molecule has 0 radical (unpaired) electrons. The number of aromatic nitrogens is 3. The molecule has 0 saturated carbocycles. The van der Waals surface area contributed by atoms with Gasteiger partial charge in [0.1, 0.15) is 35.9 Å². The van der Waals surface area contributed by atoms with Gasteiger partial charge in [0.05, 0.1) is 46.3 Å². The Kier molecular flexibility index (Phi) is 13.7. The minimum Gasteiger partial charge on any atom is -0.508 e. The number of rotatable bonds is 18. The number of aromatic hydroxyl groups is 1. The molecule has 53 heavy (non-hydrogen) atoms. The van der Waals surface area contributed by atoms with Crippen molar-refractivity contribution in [1.29, 1.82) is 0 Å². The highest BCUT2D eigenvalue weighted by atomic mass is 16.7. The average molecular weight is 724 g/mol. The maximum Gasteiger partial charge on any atom is 0.331 e. The van der Waals surface area contributed by atoms with Crippen LogP contribution < -0.4 is 0 Å². The van der Waals surface area contributed by atoms with Gasteiger partial charge in [-0.05, 0) is 34.4 Å². The third kappa shape index (κ3) is 10.6. The number of phenols is 1. The molecule has 1 aliphatic heterocycles. The topological polar surface area (TPSA) is 133 Å². The predicted molar refractivity (Wildman–Crippen MR) is 193 cm³/mol. The van der Waals surface area contributed by atoms with Gasteiger partial charge in [-0.25, -0.2) is 9.48 Å². The molecule has 1 aromatic heterocycles. The van der Waals surface area contributed by atoms with E-state index in [1.54, 1.807) is 37.6 Å². The molecule has 2 heterocycles. The summed E-state index contributed by atoms with van der Waals surface area (Å²) in [6, 6.07) is 35.6. The third-order valence-electron chi connectivity index (χ3n) is 8.93. The lowest BCUT2D eigenvalue weighted by atomic mass is 9.97. The van der Waals surface area contributed by atoms with Crippen LogP contribution in [-0.2, 0) is 70.8 Å². The van der Waals surface area contributed by atoms with E-state index in [2.05, 4.69) is 10.3 Å². The molecule has 12 nitrogen and oxygen atoms in total. The zero-order chi connectivity index (χ0) is 36.8. The molecule has 1 aliphatic rings. The van der Waals surface area contributed by atoms with E-state index in [4.69, 9.17) is 33.2 Å². The van der Waals surface area contributed by atoms with Gasteiger partial charge in [0.25, 0.3) is 0 Å². The third-order valence-corrected chi connectivity index (χ3v) is 8.93.